The number of carbonyl (C=O) groups excluding carboxylic acids is 2. The molecule has 1 heterocycles. The summed E-state index contributed by atoms with van der Waals surface area (Å²) >= 11 is 0. The predicted octanol–water partition coefficient (Wildman–Crippen LogP) is -0.184. The van der Waals surface area contributed by atoms with Gasteiger partial charge >= 0.3 is 0 Å². The highest BCUT2D eigenvalue weighted by Gasteiger charge is 2.27. The largest absolute Gasteiger partial charge is 0.383 e. The van der Waals surface area contributed by atoms with Gasteiger partial charge in [0, 0.05) is 33.3 Å². The van der Waals surface area contributed by atoms with Crippen molar-refractivity contribution in [2.75, 3.05) is 59.5 Å². The Balaban J connectivity index is 0. The number of methoxy groups -OCH3 is 1. The number of likely N-dealkylation sites (N-methyl/N-ethyl adjacent to an activating group) is 1. The molecule has 0 radical (unpaired) electrons. The lowest BCUT2D eigenvalue weighted by molar-refractivity contribution is -0.141. The number of rotatable bonds is 7. The molecule has 0 aromatic carbocycles. The summed E-state index contributed by atoms with van der Waals surface area (Å²) in [6.07, 6.45) is 0. The maximum atomic E-state index is 12.2. The Bertz CT molecular complexity index is 349. The first-order chi connectivity index (χ1) is 10.0. The molecule has 0 aliphatic carbocycles. The summed E-state index contributed by atoms with van der Waals surface area (Å²) in [7, 11) is 1.52. The fourth-order valence-electron chi connectivity index (χ4n) is 2.40. The number of hydrogen-bond donors (Lipinski definition) is 1. The molecule has 2 N–H and O–H groups in total. The van der Waals surface area contributed by atoms with Gasteiger partial charge in [-0.25, -0.2) is 0 Å². The first kappa shape index (κ1) is 24.6. The van der Waals surface area contributed by atoms with Crippen molar-refractivity contribution in [1.29, 1.82) is 0 Å². The monoisotopic (exact) mass is 372 g/mol. The van der Waals surface area contributed by atoms with Crippen molar-refractivity contribution in [1.82, 2.24) is 14.7 Å². The van der Waals surface area contributed by atoms with E-state index in [1.807, 2.05) is 18.7 Å². The Morgan fingerprint density at radius 3 is 2.00 bits per heavy atom. The Hall–Kier alpha value is -0.600. The molecule has 0 aromatic heterocycles. The molecule has 1 aliphatic heterocycles. The molecule has 1 fully saturated rings. The van der Waals surface area contributed by atoms with Gasteiger partial charge in [0.25, 0.3) is 0 Å². The maximum absolute atomic E-state index is 12.2. The molecule has 0 spiro atoms. The van der Waals surface area contributed by atoms with Crippen LogP contribution in [-0.2, 0) is 14.3 Å². The van der Waals surface area contributed by atoms with Gasteiger partial charge in [0.1, 0.15) is 6.04 Å². The first-order valence-corrected chi connectivity index (χ1v) is 7.56. The van der Waals surface area contributed by atoms with Crippen molar-refractivity contribution in [3.05, 3.63) is 0 Å². The minimum Gasteiger partial charge on any atom is -0.383 e. The summed E-state index contributed by atoms with van der Waals surface area (Å²) in [5.41, 5.74) is 5.75. The van der Waals surface area contributed by atoms with Gasteiger partial charge < -0.3 is 20.3 Å². The predicted molar refractivity (Wildman–Crippen MR) is 95.3 cm³/mol. The van der Waals surface area contributed by atoms with Crippen LogP contribution < -0.4 is 5.73 Å². The molecule has 1 atom stereocenters. The van der Waals surface area contributed by atoms with Gasteiger partial charge in [0.05, 0.1) is 13.2 Å². The summed E-state index contributed by atoms with van der Waals surface area (Å²) in [6, 6.07) is -0.618. The minimum atomic E-state index is -0.618. The number of amides is 2. The van der Waals surface area contributed by atoms with E-state index in [0.29, 0.717) is 32.7 Å². The minimum absolute atomic E-state index is 0. The third kappa shape index (κ3) is 7.67. The second kappa shape index (κ2) is 12.8. The lowest BCUT2D eigenvalue weighted by Gasteiger charge is -2.36. The molecule has 0 bridgehead atoms. The van der Waals surface area contributed by atoms with E-state index in [1.54, 1.807) is 4.90 Å². The fraction of sp³-hybridized carbons (Fsp3) is 0.857. The van der Waals surface area contributed by atoms with Gasteiger partial charge in [-0.1, -0.05) is 13.8 Å². The van der Waals surface area contributed by atoms with E-state index in [0.717, 1.165) is 13.1 Å². The van der Waals surface area contributed by atoms with Gasteiger partial charge in [-0.05, 0) is 13.1 Å². The maximum Gasteiger partial charge on any atom is 0.241 e. The summed E-state index contributed by atoms with van der Waals surface area (Å²) in [6.45, 7) is 8.73. The number of halogens is 2. The van der Waals surface area contributed by atoms with E-state index in [9.17, 15) is 9.59 Å². The van der Waals surface area contributed by atoms with Crippen LogP contribution >= 0.6 is 24.8 Å². The molecule has 2 amide bonds. The molecular weight excluding hydrogens is 343 g/mol. The molecule has 138 valence electrons. The zero-order valence-corrected chi connectivity index (χ0v) is 15.8. The van der Waals surface area contributed by atoms with Crippen LogP contribution in [0.5, 0.6) is 0 Å². The van der Waals surface area contributed by atoms with Gasteiger partial charge in [-0.15, -0.1) is 24.8 Å². The normalized spacial score (nSPS) is 15.7. The van der Waals surface area contributed by atoms with Crippen molar-refractivity contribution < 1.29 is 14.3 Å². The van der Waals surface area contributed by atoms with E-state index in [4.69, 9.17) is 10.5 Å². The van der Waals surface area contributed by atoms with Crippen molar-refractivity contribution >= 4 is 36.6 Å². The molecule has 1 rings (SSSR count). The highest BCUT2D eigenvalue weighted by molar-refractivity contribution is 5.85. The fourth-order valence-corrected chi connectivity index (χ4v) is 2.40. The van der Waals surface area contributed by atoms with E-state index < -0.39 is 6.04 Å². The second-order valence-corrected chi connectivity index (χ2v) is 5.23. The summed E-state index contributed by atoms with van der Waals surface area (Å²) in [4.78, 5) is 29.8. The molecular formula is C14H30Cl2N4O3. The van der Waals surface area contributed by atoms with E-state index in [2.05, 4.69) is 4.90 Å². The lowest BCUT2D eigenvalue weighted by Crippen LogP contribution is -2.56. The molecule has 0 saturated carbocycles. The third-order valence-electron chi connectivity index (χ3n) is 3.86. The Kier molecular flexibility index (Phi) is 13.7. The number of piperazine rings is 1. The van der Waals surface area contributed by atoms with Crippen LogP contribution in [0.25, 0.3) is 0 Å². The highest BCUT2D eigenvalue weighted by atomic mass is 35.5. The quantitative estimate of drug-likeness (QED) is 0.670. The molecule has 0 aromatic rings. The molecule has 1 saturated heterocycles. The smallest absolute Gasteiger partial charge is 0.241 e. The van der Waals surface area contributed by atoms with E-state index >= 15 is 0 Å². The van der Waals surface area contributed by atoms with Gasteiger partial charge in [-0.2, -0.15) is 0 Å². The topological polar surface area (TPSA) is 79.1 Å². The van der Waals surface area contributed by atoms with Crippen LogP contribution in [0.4, 0.5) is 0 Å². The summed E-state index contributed by atoms with van der Waals surface area (Å²) in [5, 5.41) is 0. The van der Waals surface area contributed by atoms with Crippen LogP contribution in [0, 0.1) is 0 Å². The molecule has 1 aliphatic rings. The third-order valence-corrected chi connectivity index (χ3v) is 3.86. The Morgan fingerprint density at radius 2 is 1.57 bits per heavy atom. The number of hydrogen-bond acceptors (Lipinski definition) is 5. The lowest BCUT2D eigenvalue weighted by atomic mass is 10.2. The van der Waals surface area contributed by atoms with Crippen LogP contribution in [-0.4, -0.2) is 92.1 Å². The van der Waals surface area contributed by atoms with Crippen molar-refractivity contribution in [2.45, 2.75) is 19.9 Å². The average Bonchev–Trinajstić information content (AvgIpc) is 2.52. The molecule has 7 nitrogen and oxygen atoms in total. The average molecular weight is 373 g/mol. The molecule has 1 unspecified atom stereocenters. The van der Waals surface area contributed by atoms with Gasteiger partial charge in [0.15, 0.2) is 0 Å². The summed E-state index contributed by atoms with van der Waals surface area (Å²) < 4.78 is 4.90. The number of nitrogens with zero attached hydrogens (tertiary/aromatic N) is 3. The van der Waals surface area contributed by atoms with Gasteiger partial charge in [0.2, 0.25) is 11.8 Å². The zero-order valence-electron chi connectivity index (χ0n) is 14.2. The highest BCUT2D eigenvalue weighted by Crippen LogP contribution is 2.05. The van der Waals surface area contributed by atoms with E-state index in [1.165, 1.54) is 7.11 Å². The van der Waals surface area contributed by atoms with Crippen LogP contribution in [0.1, 0.15) is 13.8 Å². The second-order valence-electron chi connectivity index (χ2n) is 5.23. The van der Waals surface area contributed by atoms with Gasteiger partial charge in [-0.3, -0.25) is 14.5 Å². The number of ether oxygens (including phenoxy) is 1. The van der Waals surface area contributed by atoms with Crippen LogP contribution in [0.3, 0.4) is 0 Å². The van der Waals surface area contributed by atoms with Crippen molar-refractivity contribution in [3.8, 4) is 0 Å². The van der Waals surface area contributed by atoms with Crippen molar-refractivity contribution in [3.63, 3.8) is 0 Å². The Labute approximate surface area is 151 Å². The zero-order chi connectivity index (χ0) is 15.8. The Morgan fingerprint density at radius 1 is 1.09 bits per heavy atom. The van der Waals surface area contributed by atoms with E-state index in [-0.39, 0.29) is 43.2 Å². The molecule has 23 heavy (non-hydrogen) atoms. The first-order valence-electron chi connectivity index (χ1n) is 7.56. The van der Waals surface area contributed by atoms with Crippen LogP contribution in [0.15, 0.2) is 0 Å². The van der Waals surface area contributed by atoms with Crippen molar-refractivity contribution in [2.24, 2.45) is 5.73 Å². The number of nitrogens with two attached hydrogens (primary N) is 1. The number of carbonyl (C=O) groups is 2. The molecule has 9 heteroatoms. The summed E-state index contributed by atoms with van der Waals surface area (Å²) in [5.74, 6) is 0.0275. The SMILES string of the molecule is CCN(CC)CC(=O)N1CCN(C(=O)C(N)COC)CC1.Cl.Cl. The van der Waals surface area contributed by atoms with Crippen LogP contribution in [0.2, 0.25) is 0 Å². The standard InChI is InChI=1S/C14H28N4O3.2ClH/c1-4-16(5-2)10-13(19)17-6-8-18(9-7-17)14(20)12(15)11-21-3;;/h12H,4-11,15H2,1-3H3;2*1H.